The number of carbonyl (C=O) groups is 2. The fourth-order valence-electron chi connectivity index (χ4n) is 2.93. The smallest absolute Gasteiger partial charge is 0.236 e. The van der Waals surface area contributed by atoms with Gasteiger partial charge in [0.1, 0.15) is 6.42 Å². The molecular formula is C21H26N2O2. The molecular weight excluding hydrogens is 312 g/mol. The van der Waals surface area contributed by atoms with Gasteiger partial charge in [-0.2, -0.15) is 0 Å². The third kappa shape index (κ3) is 4.69. The molecule has 0 fully saturated rings. The first-order valence-corrected chi connectivity index (χ1v) is 8.86. The lowest BCUT2D eigenvalue weighted by Crippen LogP contribution is -2.33. The van der Waals surface area contributed by atoms with Crippen LogP contribution >= 0.6 is 0 Å². The topological polar surface area (TPSA) is 49.4 Å². The van der Waals surface area contributed by atoms with Gasteiger partial charge in [-0.05, 0) is 43.0 Å². The second kappa shape index (κ2) is 9.02. The number of rotatable bonds is 7. The van der Waals surface area contributed by atoms with Crippen LogP contribution in [-0.2, 0) is 22.4 Å². The van der Waals surface area contributed by atoms with Gasteiger partial charge in [-0.15, -0.1) is 0 Å². The van der Waals surface area contributed by atoms with Crippen LogP contribution in [0.5, 0.6) is 0 Å². The molecule has 2 rings (SSSR count). The van der Waals surface area contributed by atoms with Crippen LogP contribution in [0.4, 0.5) is 11.4 Å². The fourth-order valence-corrected chi connectivity index (χ4v) is 2.93. The maximum Gasteiger partial charge on any atom is 0.236 e. The molecule has 0 atom stereocenters. The third-order valence-electron chi connectivity index (χ3n) is 4.26. The zero-order chi connectivity index (χ0) is 18.2. The minimum absolute atomic E-state index is 0.163. The molecule has 0 unspecified atom stereocenters. The number of nitrogens with zero attached hydrogens (tertiary/aromatic N) is 1. The van der Waals surface area contributed by atoms with Crippen LogP contribution < -0.4 is 10.2 Å². The molecule has 132 valence electrons. The van der Waals surface area contributed by atoms with Gasteiger partial charge in [0.25, 0.3) is 0 Å². The minimum atomic E-state index is -0.269. The summed E-state index contributed by atoms with van der Waals surface area (Å²) < 4.78 is 0. The first-order chi connectivity index (χ1) is 12.1. The van der Waals surface area contributed by atoms with E-state index in [-0.39, 0.29) is 18.2 Å². The number of benzene rings is 2. The summed E-state index contributed by atoms with van der Waals surface area (Å²) in [7, 11) is 0. The lowest BCUT2D eigenvalue weighted by molar-refractivity contribution is -0.125. The van der Waals surface area contributed by atoms with Gasteiger partial charge in [0.15, 0.2) is 0 Å². The Morgan fingerprint density at radius 2 is 1.48 bits per heavy atom. The largest absolute Gasteiger partial charge is 0.325 e. The maximum atomic E-state index is 12.5. The molecule has 2 amide bonds. The van der Waals surface area contributed by atoms with Gasteiger partial charge in [0.2, 0.25) is 11.8 Å². The summed E-state index contributed by atoms with van der Waals surface area (Å²) in [5.41, 5.74) is 3.85. The highest BCUT2D eigenvalue weighted by Crippen LogP contribution is 2.23. The van der Waals surface area contributed by atoms with Gasteiger partial charge in [-0.25, -0.2) is 0 Å². The highest BCUT2D eigenvalue weighted by atomic mass is 16.2. The van der Waals surface area contributed by atoms with E-state index in [9.17, 15) is 9.59 Å². The van der Waals surface area contributed by atoms with Crippen LogP contribution in [0.25, 0.3) is 0 Å². The molecule has 2 aromatic rings. The second-order valence-electron chi connectivity index (χ2n) is 5.86. The van der Waals surface area contributed by atoms with E-state index in [0.29, 0.717) is 6.54 Å². The summed E-state index contributed by atoms with van der Waals surface area (Å²) in [6, 6.07) is 15.5. The molecule has 0 radical (unpaired) electrons. The van der Waals surface area contributed by atoms with Crippen molar-refractivity contribution >= 4 is 23.2 Å². The van der Waals surface area contributed by atoms with Crippen LogP contribution in [0.1, 0.15) is 38.3 Å². The molecule has 4 heteroatoms. The summed E-state index contributed by atoms with van der Waals surface area (Å²) in [6.45, 7) is 6.56. The van der Waals surface area contributed by atoms with Crippen molar-refractivity contribution in [1.29, 1.82) is 0 Å². The maximum absolute atomic E-state index is 12.5. The van der Waals surface area contributed by atoms with Crippen molar-refractivity contribution in [3.63, 3.8) is 0 Å². The molecule has 4 nitrogen and oxygen atoms in total. The van der Waals surface area contributed by atoms with E-state index in [0.717, 1.165) is 35.3 Å². The average Bonchev–Trinajstić information content (AvgIpc) is 2.63. The highest BCUT2D eigenvalue weighted by Gasteiger charge is 2.18. The van der Waals surface area contributed by atoms with E-state index < -0.39 is 0 Å². The van der Waals surface area contributed by atoms with Crippen molar-refractivity contribution in [2.24, 2.45) is 0 Å². The molecule has 1 N–H and O–H groups in total. The number of hydrogen-bond acceptors (Lipinski definition) is 2. The molecule has 0 aliphatic heterocycles. The molecule has 0 heterocycles. The molecule has 0 saturated heterocycles. The number of amides is 2. The molecule has 0 bridgehead atoms. The highest BCUT2D eigenvalue weighted by molar-refractivity contribution is 6.09. The molecule has 2 aromatic carbocycles. The monoisotopic (exact) mass is 338 g/mol. The van der Waals surface area contributed by atoms with E-state index >= 15 is 0 Å². The lowest BCUT2D eigenvalue weighted by Gasteiger charge is -2.21. The Kier molecular flexibility index (Phi) is 6.75. The van der Waals surface area contributed by atoms with Crippen molar-refractivity contribution in [3.05, 3.63) is 59.7 Å². The summed E-state index contributed by atoms with van der Waals surface area (Å²) >= 11 is 0. The predicted molar refractivity (Wildman–Crippen MR) is 103 cm³/mol. The van der Waals surface area contributed by atoms with E-state index in [1.807, 2.05) is 55.5 Å². The van der Waals surface area contributed by atoms with Gasteiger partial charge in [-0.1, -0.05) is 50.2 Å². The number of nitrogens with one attached hydrogen (secondary N) is 1. The summed E-state index contributed by atoms with van der Waals surface area (Å²) in [5, 5.41) is 2.96. The minimum Gasteiger partial charge on any atom is -0.325 e. The van der Waals surface area contributed by atoms with E-state index in [2.05, 4.69) is 19.2 Å². The molecule has 0 aliphatic carbocycles. The van der Waals surface area contributed by atoms with Crippen LogP contribution in [0.15, 0.2) is 48.5 Å². The van der Waals surface area contributed by atoms with Gasteiger partial charge >= 0.3 is 0 Å². The van der Waals surface area contributed by atoms with Crippen molar-refractivity contribution in [3.8, 4) is 0 Å². The first kappa shape index (κ1) is 18.7. The number of carbonyl (C=O) groups excluding carboxylic acids is 2. The van der Waals surface area contributed by atoms with Crippen molar-refractivity contribution in [2.45, 2.75) is 40.0 Å². The zero-order valence-corrected chi connectivity index (χ0v) is 15.2. The van der Waals surface area contributed by atoms with Crippen molar-refractivity contribution < 1.29 is 9.59 Å². The van der Waals surface area contributed by atoms with E-state index in [1.54, 1.807) is 4.90 Å². The zero-order valence-electron chi connectivity index (χ0n) is 15.2. The van der Waals surface area contributed by atoms with Crippen LogP contribution in [0.3, 0.4) is 0 Å². The summed E-state index contributed by atoms with van der Waals surface area (Å²) in [6.07, 6.45) is 1.51. The van der Waals surface area contributed by atoms with Crippen molar-refractivity contribution in [2.75, 3.05) is 16.8 Å². The summed E-state index contributed by atoms with van der Waals surface area (Å²) in [5.74, 6) is -0.465. The second-order valence-corrected chi connectivity index (χ2v) is 5.86. The quantitative estimate of drug-likeness (QED) is 0.770. The normalized spacial score (nSPS) is 10.4. The van der Waals surface area contributed by atoms with E-state index in [4.69, 9.17) is 0 Å². The standard InChI is InChI=1S/C21H26N2O2/c1-4-16-11-10-12-17(5-2)21(16)22-19(24)15-20(25)23(6-3)18-13-8-7-9-14-18/h7-14H,4-6,15H2,1-3H3,(H,22,24). The van der Waals surface area contributed by atoms with Crippen molar-refractivity contribution in [1.82, 2.24) is 0 Å². The number of para-hydroxylation sites is 2. The van der Waals surface area contributed by atoms with E-state index in [1.165, 1.54) is 0 Å². The molecule has 25 heavy (non-hydrogen) atoms. The van der Waals surface area contributed by atoms with Gasteiger partial charge < -0.3 is 10.2 Å². The first-order valence-electron chi connectivity index (χ1n) is 8.86. The Balaban J connectivity index is 2.11. The van der Waals surface area contributed by atoms with Crippen LogP contribution in [0.2, 0.25) is 0 Å². The van der Waals surface area contributed by atoms with Gasteiger partial charge in [0, 0.05) is 17.9 Å². The SMILES string of the molecule is CCc1cccc(CC)c1NC(=O)CC(=O)N(CC)c1ccccc1. The Morgan fingerprint density at radius 1 is 0.880 bits per heavy atom. The Hall–Kier alpha value is -2.62. The number of anilines is 2. The third-order valence-corrected chi connectivity index (χ3v) is 4.26. The van der Waals surface area contributed by atoms with Gasteiger partial charge in [0.05, 0.1) is 0 Å². The lowest BCUT2D eigenvalue weighted by atomic mass is 10.0. The predicted octanol–water partition coefficient (Wildman–Crippen LogP) is 4.19. The molecule has 0 aromatic heterocycles. The van der Waals surface area contributed by atoms with Crippen LogP contribution in [-0.4, -0.2) is 18.4 Å². The molecule has 0 saturated carbocycles. The fraction of sp³-hybridized carbons (Fsp3) is 0.333. The molecule has 0 aliphatic rings. The number of hydrogen-bond donors (Lipinski definition) is 1. The molecule has 0 spiro atoms. The Bertz CT molecular complexity index is 704. The summed E-state index contributed by atoms with van der Waals surface area (Å²) in [4.78, 5) is 26.6. The van der Waals surface area contributed by atoms with Gasteiger partial charge in [-0.3, -0.25) is 9.59 Å². The average molecular weight is 338 g/mol. The Morgan fingerprint density at radius 3 is 2.00 bits per heavy atom. The Labute approximate surface area is 149 Å². The number of aryl methyl sites for hydroxylation is 2. The van der Waals surface area contributed by atoms with Crippen LogP contribution in [0, 0.1) is 0 Å².